The van der Waals surface area contributed by atoms with Crippen molar-refractivity contribution < 1.29 is 13.0 Å². The molecule has 0 fully saturated rings. The highest BCUT2D eigenvalue weighted by Crippen LogP contribution is 2.31. The number of rotatable bonds is 6. The monoisotopic (exact) mass is 422 g/mol. The molecule has 0 aliphatic heterocycles. The Balaban J connectivity index is 2.83. The standard InChI is InChI=1S/C19H26N2O3S2Si/c1-21(25(2,22)23)19(16-27(3,4)5)20-26(24,17-12-8-6-9-13-17)18-14-10-7-11-15-18/h6-16H,1-5H3/b19-16-. The van der Waals surface area contributed by atoms with E-state index in [1.807, 2.05) is 17.8 Å². The molecule has 0 aromatic heterocycles. The maximum atomic E-state index is 14.1. The van der Waals surface area contributed by atoms with Gasteiger partial charge in [-0.25, -0.2) is 8.42 Å². The van der Waals surface area contributed by atoms with Crippen LogP contribution in [-0.2, 0) is 20.1 Å². The van der Waals surface area contributed by atoms with E-state index in [9.17, 15) is 13.0 Å². The topological polar surface area (TPSA) is 72.8 Å². The van der Waals surface area contributed by atoms with Gasteiger partial charge in [-0.3, -0.25) is 4.31 Å². The molecule has 0 amide bonds. The van der Waals surface area contributed by atoms with E-state index in [-0.39, 0.29) is 5.82 Å². The summed E-state index contributed by atoms with van der Waals surface area (Å²) in [7, 11) is -7.00. The molecular weight excluding hydrogens is 396 g/mol. The average Bonchev–Trinajstić information content (AvgIpc) is 2.60. The van der Waals surface area contributed by atoms with Crippen LogP contribution in [0.2, 0.25) is 19.6 Å². The van der Waals surface area contributed by atoms with Gasteiger partial charge < -0.3 is 4.55 Å². The maximum Gasteiger partial charge on any atom is 0.233 e. The lowest BCUT2D eigenvalue weighted by Crippen LogP contribution is -2.29. The van der Waals surface area contributed by atoms with Crippen molar-refractivity contribution >= 4 is 28.2 Å². The van der Waals surface area contributed by atoms with Crippen LogP contribution in [-0.4, -0.2) is 38.7 Å². The SMILES string of the molecule is CN(/C(=C\[Si](C)(C)C)N=[S+]([O-])(c1ccccc1)c1ccccc1)S(C)(=O)=O. The van der Waals surface area contributed by atoms with Gasteiger partial charge in [0.2, 0.25) is 10.0 Å². The molecular formula is C19H26N2O3S2Si. The molecule has 0 aliphatic carbocycles. The fraction of sp³-hybridized carbons (Fsp3) is 0.263. The predicted molar refractivity (Wildman–Crippen MR) is 114 cm³/mol. The molecule has 5 nitrogen and oxygen atoms in total. The first kappa shape index (κ1) is 21.6. The molecule has 2 aromatic carbocycles. The largest absolute Gasteiger partial charge is 0.622 e. The van der Waals surface area contributed by atoms with Gasteiger partial charge in [-0.2, -0.15) is 0 Å². The van der Waals surface area contributed by atoms with Crippen molar-refractivity contribution in [2.45, 2.75) is 29.4 Å². The summed E-state index contributed by atoms with van der Waals surface area (Å²) in [6.07, 6.45) is 1.12. The molecule has 0 radical (unpaired) electrons. The molecule has 0 saturated carbocycles. The second-order valence-electron chi connectivity index (χ2n) is 7.34. The zero-order valence-corrected chi connectivity index (χ0v) is 18.9. The Morgan fingerprint density at radius 3 is 1.74 bits per heavy atom. The third-order valence-electron chi connectivity index (χ3n) is 3.73. The normalized spacial score (nSPS) is 13.3. The average molecular weight is 423 g/mol. The molecule has 0 bridgehead atoms. The minimum absolute atomic E-state index is 0.217. The van der Waals surface area contributed by atoms with E-state index < -0.39 is 28.2 Å². The van der Waals surface area contributed by atoms with E-state index in [2.05, 4.69) is 24.0 Å². The minimum Gasteiger partial charge on any atom is -0.622 e. The summed E-state index contributed by atoms with van der Waals surface area (Å²) in [6.45, 7) is 6.22. The van der Waals surface area contributed by atoms with E-state index in [0.717, 1.165) is 10.6 Å². The molecule has 8 heteroatoms. The highest BCUT2D eigenvalue weighted by atomic mass is 32.3. The molecule has 0 N–H and O–H groups in total. The number of nitrogens with zero attached hydrogens (tertiary/aromatic N) is 2. The third-order valence-corrected chi connectivity index (χ3v) is 8.30. The van der Waals surface area contributed by atoms with Gasteiger partial charge in [0.05, 0.1) is 14.3 Å². The van der Waals surface area contributed by atoms with Gasteiger partial charge in [-0.15, -0.1) is 0 Å². The first-order valence-electron chi connectivity index (χ1n) is 8.47. The van der Waals surface area contributed by atoms with Gasteiger partial charge in [0.1, 0.15) is 9.79 Å². The Morgan fingerprint density at radius 2 is 1.41 bits per heavy atom. The van der Waals surface area contributed by atoms with Crippen LogP contribution >= 0.6 is 0 Å². The van der Waals surface area contributed by atoms with Crippen LogP contribution in [0.1, 0.15) is 0 Å². The quantitative estimate of drug-likeness (QED) is 0.518. The summed E-state index contributed by atoms with van der Waals surface area (Å²) in [5.41, 5.74) is 1.86. The predicted octanol–water partition coefficient (Wildman–Crippen LogP) is 4.18. The Kier molecular flexibility index (Phi) is 6.46. The molecule has 0 heterocycles. The van der Waals surface area contributed by atoms with E-state index in [4.69, 9.17) is 0 Å². The minimum atomic E-state index is -3.54. The Morgan fingerprint density at radius 1 is 1.00 bits per heavy atom. The molecule has 2 rings (SSSR count). The summed E-state index contributed by atoms with van der Waals surface area (Å²) >= 11 is 0. The van der Waals surface area contributed by atoms with E-state index >= 15 is 0 Å². The van der Waals surface area contributed by atoms with Gasteiger partial charge in [0.25, 0.3) is 0 Å². The van der Waals surface area contributed by atoms with Crippen molar-refractivity contribution in [1.82, 2.24) is 4.31 Å². The van der Waals surface area contributed by atoms with Crippen LogP contribution in [0.5, 0.6) is 0 Å². The van der Waals surface area contributed by atoms with E-state index in [1.165, 1.54) is 7.05 Å². The molecule has 0 aliphatic rings. The third kappa shape index (κ3) is 5.62. The van der Waals surface area contributed by atoms with Gasteiger partial charge in [0, 0.05) is 7.05 Å². The zero-order chi connectivity index (χ0) is 20.3. The fourth-order valence-corrected chi connectivity index (χ4v) is 5.99. The van der Waals surface area contributed by atoms with Crippen LogP contribution in [0, 0.1) is 0 Å². The summed E-state index contributed by atoms with van der Waals surface area (Å²) in [6, 6.07) is 17.9. The van der Waals surface area contributed by atoms with Crippen LogP contribution in [0.3, 0.4) is 0 Å². The molecule has 0 atom stereocenters. The molecule has 27 heavy (non-hydrogen) atoms. The zero-order valence-electron chi connectivity index (χ0n) is 16.3. The first-order valence-corrected chi connectivity index (χ1v) is 15.4. The lowest BCUT2D eigenvalue weighted by molar-refractivity contribution is 0.526. The molecule has 146 valence electrons. The van der Waals surface area contributed by atoms with Crippen LogP contribution in [0.25, 0.3) is 0 Å². The molecule has 0 spiro atoms. The van der Waals surface area contributed by atoms with Crippen LogP contribution in [0.4, 0.5) is 0 Å². The first-order chi connectivity index (χ1) is 12.4. The van der Waals surface area contributed by atoms with Crippen LogP contribution in [0.15, 0.2) is 86.3 Å². The molecule has 2 aromatic rings. The molecule has 0 unspecified atom stereocenters. The summed E-state index contributed by atoms with van der Waals surface area (Å²) in [4.78, 5) is 1.08. The van der Waals surface area contributed by atoms with E-state index in [1.54, 1.807) is 48.5 Å². The lowest BCUT2D eigenvalue weighted by atomic mass is 10.4. The van der Waals surface area contributed by atoms with Crippen molar-refractivity contribution in [1.29, 1.82) is 0 Å². The number of sulfonamides is 1. The maximum absolute atomic E-state index is 14.1. The summed E-state index contributed by atoms with van der Waals surface area (Å²) in [5.74, 6) is 0.217. The summed E-state index contributed by atoms with van der Waals surface area (Å²) in [5, 5.41) is 0. The second-order valence-corrected chi connectivity index (χ2v) is 16.6. The lowest BCUT2D eigenvalue weighted by Gasteiger charge is -2.26. The second kappa shape index (κ2) is 8.10. The Hall–Kier alpha value is -1.74. The fourth-order valence-electron chi connectivity index (χ4n) is 2.32. The highest BCUT2D eigenvalue weighted by Gasteiger charge is 2.26. The number of hydrogen-bond donors (Lipinski definition) is 0. The van der Waals surface area contributed by atoms with Gasteiger partial charge in [-0.05, 0) is 40.1 Å². The Labute approximate surface area is 164 Å². The summed E-state index contributed by atoms with van der Waals surface area (Å²) < 4.78 is 44.1. The van der Waals surface area contributed by atoms with Gasteiger partial charge >= 0.3 is 0 Å². The number of hydrogen-bond acceptors (Lipinski definition) is 4. The van der Waals surface area contributed by atoms with Gasteiger partial charge in [0.15, 0.2) is 5.82 Å². The van der Waals surface area contributed by atoms with Crippen molar-refractivity contribution in [3.05, 3.63) is 72.2 Å². The van der Waals surface area contributed by atoms with Crippen molar-refractivity contribution in [2.24, 2.45) is 4.36 Å². The van der Waals surface area contributed by atoms with Crippen molar-refractivity contribution in [3.63, 3.8) is 0 Å². The molecule has 0 saturated heterocycles. The van der Waals surface area contributed by atoms with Crippen molar-refractivity contribution in [3.8, 4) is 0 Å². The smallest absolute Gasteiger partial charge is 0.233 e. The number of benzene rings is 2. The van der Waals surface area contributed by atoms with E-state index in [0.29, 0.717) is 9.79 Å². The highest BCUT2D eigenvalue weighted by molar-refractivity contribution is 8.00. The Bertz CT molecular complexity index is 924. The van der Waals surface area contributed by atoms with Crippen molar-refractivity contribution in [2.75, 3.05) is 13.3 Å². The van der Waals surface area contributed by atoms with Gasteiger partial charge in [-0.1, -0.05) is 60.4 Å². The van der Waals surface area contributed by atoms with Crippen LogP contribution < -0.4 is 0 Å².